The van der Waals surface area contributed by atoms with Gasteiger partial charge in [-0.25, -0.2) is 0 Å². The lowest BCUT2D eigenvalue weighted by molar-refractivity contribution is 0.544. The van der Waals surface area contributed by atoms with Gasteiger partial charge in [0.05, 0.1) is 0 Å². The van der Waals surface area contributed by atoms with Crippen LogP contribution >= 0.6 is 23.4 Å². The van der Waals surface area contributed by atoms with Gasteiger partial charge in [-0.05, 0) is 24.5 Å². The Morgan fingerprint density at radius 1 is 1.00 bits per heavy atom. The summed E-state index contributed by atoms with van der Waals surface area (Å²) < 4.78 is 0. The van der Waals surface area contributed by atoms with E-state index in [2.05, 4.69) is 39.5 Å². The highest BCUT2D eigenvalue weighted by atomic mass is 35.5. The van der Waals surface area contributed by atoms with Gasteiger partial charge in [-0.15, -0.1) is 11.6 Å². The molecular weight excluding hydrogens is 236 g/mol. The number of alkyl halides is 1. The third-order valence-corrected chi connectivity index (χ3v) is 5.35. The van der Waals surface area contributed by atoms with Gasteiger partial charge >= 0.3 is 0 Å². The highest BCUT2D eigenvalue weighted by Crippen LogP contribution is 2.29. The van der Waals surface area contributed by atoms with Gasteiger partial charge in [0.15, 0.2) is 0 Å². The lowest BCUT2D eigenvalue weighted by Crippen LogP contribution is -2.23. The Kier molecular flexibility index (Phi) is 11.2. The van der Waals surface area contributed by atoms with Crippen LogP contribution in [-0.4, -0.2) is 16.4 Å². The van der Waals surface area contributed by atoms with E-state index in [1.807, 2.05) is 0 Å². The van der Waals surface area contributed by atoms with Crippen molar-refractivity contribution in [1.29, 1.82) is 0 Å². The third kappa shape index (κ3) is 7.84. The zero-order chi connectivity index (χ0) is 12.4. The van der Waals surface area contributed by atoms with Gasteiger partial charge in [-0.1, -0.05) is 53.4 Å². The van der Waals surface area contributed by atoms with Crippen LogP contribution in [0.5, 0.6) is 0 Å². The van der Waals surface area contributed by atoms with E-state index >= 15 is 0 Å². The molecular formula is C14H29ClS. The average molecular weight is 265 g/mol. The molecule has 0 aromatic carbocycles. The van der Waals surface area contributed by atoms with Crippen molar-refractivity contribution in [3.8, 4) is 0 Å². The molecule has 0 fully saturated rings. The summed E-state index contributed by atoms with van der Waals surface area (Å²) >= 11 is 8.62. The van der Waals surface area contributed by atoms with Crippen molar-refractivity contribution in [2.75, 3.05) is 5.75 Å². The molecule has 98 valence electrons. The topological polar surface area (TPSA) is 0 Å². The number of hydrogen-bond donors (Lipinski definition) is 0. The van der Waals surface area contributed by atoms with E-state index in [1.54, 1.807) is 0 Å². The van der Waals surface area contributed by atoms with Gasteiger partial charge < -0.3 is 0 Å². The third-order valence-electron chi connectivity index (χ3n) is 2.91. The molecule has 2 unspecified atom stereocenters. The van der Waals surface area contributed by atoms with E-state index in [-0.39, 0.29) is 0 Å². The molecule has 0 aliphatic rings. The maximum Gasteiger partial charge on any atom is 0.0477 e. The molecule has 0 radical (unpaired) electrons. The van der Waals surface area contributed by atoms with E-state index < -0.39 is 0 Å². The molecule has 0 aromatic rings. The van der Waals surface area contributed by atoms with Crippen LogP contribution in [0, 0.1) is 5.92 Å². The first kappa shape index (κ1) is 16.6. The Morgan fingerprint density at radius 2 is 1.62 bits per heavy atom. The molecule has 0 N–H and O–H groups in total. The second-order valence-electron chi connectivity index (χ2n) is 4.95. The SMILES string of the molecule is CCCCCSC(CCCC)C(Cl)C(C)C. The minimum Gasteiger partial charge on any atom is -0.157 e. The monoisotopic (exact) mass is 264 g/mol. The van der Waals surface area contributed by atoms with Crippen molar-refractivity contribution in [2.24, 2.45) is 5.92 Å². The largest absolute Gasteiger partial charge is 0.157 e. The first-order valence-corrected chi connectivity index (χ1v) is 8.37. The minimum absolute atomic E-state index is 0.346. The summed E-state index contributed by atoms with van der Waals surface area (Å²) in [7, 11) is 0. The summed E-state index contributed by atoms with van der Waals surface area (Å²) in [6.07, 6.45) is 7.93. The van der Waals surface area contributed by atoms with Crippen LogP contribution in [0.3, 0.4) is 0 Å². The number of unbranched alkanes of at least 4 members (excludes halogenated alkanes) is 3. The predicted octanol–water partition coefficient (Wildman–Crippen LogP) is 5.73. The molecule has 16 heavy (non-hydrogen) atoms. The van der Waals surface area contributed by atoms with E-state index in [9.17, 15) is 0 Å². The molecule has 0 amide bonds. The van der Waals surface area contributed by atoms with E-state index in [0.717, 1.165) is 0 Å². The van der Waals surface area contributed by atoms with Gasteiger partial charge in [0.25, 0.3) is 0 Å². The first-order chi connectivity index (χ1) is 7.63. The fraction of sp³-hybridized carbons (Fsp3) is 1.00. The van der Waals surface area contributed by atoms with Gasteiger partial charge in [-0.3, -0.25) is 0 Å². The molecule has 0 aromatic heterocycles. The maximum atomic E-state index is 6.51. The zero-order valence-corrected chi connectivity index (χ0v) is 13.0. The molecule has 2 heteroatoms. The highest BCUT2D eigenvalue weighted by molar-refractivity contribution is 8.00. The van der Waals surface area contributed by atoms with Crippen molar-refractivity contribution in [2.45, 2.75) is 76.8 Å². The quantitative estimate of drug-likeness (QED) is 0.359. The summed E-state index contributed by atoms with van der Waals surface area (Å²) in [5.41, 5.74) is 0. The van der Waals surface area contributed by atoms with Gasteiger partial charge in [-0.2, -0.15) is 11.8 Å². The molecule has 0 rings (SSSR count). The molecule has 0 saturated heterocycles. The Bertz CT molecular complexity index is 148. The van der Waals surface area contributed by atoms with Crippen LogP contribution in [0.4, 0.5) is 0 Å². The Labute approximate surface area is 112 Å². The predicted molar refractivity (Wildman–Crippen MR) is 79.8 cm³/mol. The van der Waals surface area contributed by atoms with Crippen molar-refractivity contribution in [3.63, 3.8) is 0 Å². The van der Waals surface area contributed by atoms with Crippen LogP contribution in [0.15, 0.2) is 0 Å². The highest BCUT2D eigenvalue weighted by Gasteiger charge is 2.21. The van der Waals surface area contributed by atoms with E-state index in [1.165, 1.54) is 44.3 Å². The summed E-state index contributed by atoms with van der Waals surface area (Å²) in [5.74, 6) is 1.89. The van der Waals surface area contributed by atoms with E-state index in [0.29, 0.717) is 16.5 Å². The second-order valence-corrected chi connectivity index (χ2v) is 6.80. The summed E-state index contributed by atoms with van der Waals surface area (Å²) in [5, 5.41) is 1.01. The van der Waals surface area contributed by atoms with Gasteiger partial charge in [0, 0.05) is 10.6 Å². The lowest BCUT2D eigenvalue weighted by atomic mass is 10.0. The van der Waals surface area contributed by atoms with Crippen LogP contribution in [0.1, 0.15) is 66.2 Å². The fourth-order valence-electron chi connectivity index (χ4n) is 1.76. The normalized spacial score (nSPS) is 15.4. The molecule has 0 spiro atoms. The summed E-state index contributed by atoms with van der Waals surface area (Å²) in [6, 6.07) is 0. The van der Waals surface area contributed by atoms with Crippen LogP contribution in [0.25, 0.3) is 0 Å². The van der Waals surface area contributed by atoms with Crippen molar-refractivity contribution >= 4 is 23.4 Å². The Hall–Kier alpha value is 0.640. The summed E-state index contributed by atoms with van der Waals surface area (Å²) in [4.78, 5) is 0. The average Bonchev–Trinajstić information content (AvgIpc) is 2.27. The van der Waals surface area contributed by atoms with Crippen LogP contribution < -0.4 is 0 Å². The molecule has 0 saturated carbocycles. The number of rotatable bonds is 10. The lowest BCUT2D eigenvalue weighted by Gasteiger charge is -2.24. The number of hydrogen-bond acceptors (Lipinski definition) is 1. The number of halogens is 1. The molecule has 0 bridgehead atoms. The molecule has 0 heterocycles. The van der Waals surface area contributed by atoms with Gasteiger partial charge in [0.1, 0.15) is 0 Å². The second kappa shape index (κ2) is 10.8. The summed E-state index contributed by atoms with van der Waals surface area (Å²) in [6.45, 7) is 9.00. The smallest absolute Gasteiger partial charge is 0.0477 e. The Morgan fingerprint density at radius 3 is 2.12 bits per heavy atom. The molecule has 2 atom stereocenters. The molecule has 0 nitrogen and oxygen atoms in total. The fourth-order valence-corrected chi connectivity index (χ4v) is 3.61. The maximum absolute atomic E-state index is 6.51. The van der Waals surface area contributed by atoms with Crippen LogP contribution in [-0.2, 0) is 0 Å². The number of thioether (sulfide) groups is 1. The van der Waals surface area contributed by atoms with Crippen molar-refractivity contribution in [3.05, 3.63) is 0 Å². The first-order valence-electron chi connectivity index (χ1n) is 6.89. The van der Waals surface area contributed by atoms with Crippen LogP contribution in [0.2, 0.25) is 0 Å². The van der Waals surface area contributed by atoms with E-state index in [4.69, 9.17) is 11.6 Å². The standard InChI is InChI=1S/C14H29ClS/c1-5-7-9-11-16-13(10-8-6-2)14(15)12(3)4/h12-14H,5-11H2,1-4H3. The Balaban J connectivity index is 3.89. The molecule has 0 aliphatic heterocycles. The van der Waals surface area contributed by atoms with Crippen molar-refractivity contribution < 1.29 is 0 Å². The molecule has 0 aliphatic carbocycles. The minimum atomic E-state index is 0.346. The van der Waals surface area contributed by atoms with Crippen molar-refractivity contribution in [1.82, 2.24) is 0 Å². The van der Waals surface area contributed by atoms with Gasteiger partial charge in [0.2, 0.25) is 0 Å². The zero-order valence-electron chi connectivity index (χ0n) is 11.5.